The summed E-state index contributed by atoms with van der Waals surface area (Å²) in [6.45, 7) is 0.727. The van der Waals surface area contributed by atoms with Gasteiger partial charge in [-0.1, -0.05) is 47.5 Å². The molecule has 0 saturated carbocycles. The van der Waals surface area contributed by atoms with Crippen molar-refractivity contribution in [2.45, 2.75) is 13.2 Å². The number of nitrogens with zero attached hydrogens (tertiary/aromatic N) is 1. The van der Waals surface area contributed by atoms with Gasteiger partial charge in [-0.05, 0) is 30.3 Å². The average Bonchev–Trinajstić information content (AvgIpc) is 2.67. The lowest BCUT2D eigenvalue weighted by molar-refractivity contribution is -0.384. The third kappa shape index (κ3) is 5.12. The first-order valence-corrected chi connectivity index (χ1v) is 8.91. The third-order valence-corrected chi connectivity index (χ3v) is 4.51. The predicted molar refractivity (Wildman–Crippen MR) is 108 cm³/mol. The zero-order valence-corrected chi connectivity index (χ0v) is 15.7. The van der Waals surface area contributed by atoms with E-state index in [2.05, 4.69) is 5.32 Å². The quantitative estimate of drug-likeness (QED) is 0.383. The van der Waals surface area contributed by atoms with Crippen LogP contribution in [0, 0.1) is 10.1 Å². The lowest BCUT2D eigenvalue weighted by Crippen LogP contribution is -2.04. The largest absolute Gasteiger partial charge is 0.488 e. The molecule has 0 aliphatic carbocycles. The van der Waals surface area contributed by atoms with Gasteiger partial charge >= 0.3 is 0 Å². The first-order chi connectivity index (χ1) is 13.0. The van der Waals surface area contributed by atoms with Crippen molar-refractivity contribution in [1.29, 1.82) is 0 Å². The van der Waals surface area contributed by atoms with Crippen LogP contribution in [0.4, 0.5) is 11.4 Å². The topological polar surface area (TPSA) is 64.4 Å². The second-order valence-electron chi connectivity index (χ2n) is 5.79. The zero-order valence-electron chi connectivity index (χ0n) is 14.2. The highest BCUT2D eigenvalue weighted by atomic mass is 35.5. The number of halogens is 2. The van der Waals surface area contributed by atoms with Crippen LogP contribution in [0.3, 0.4) is 0 Å². The second kappa shape index (κ2) is 8.75. The van der Waals surface area contributed by atoms with Crippen molar-refractivity contribution in [3.05, 3.63) is 98.0 Å². The van der Waals surface area contributed by atoms with Crippen LogP contribution >= 0.6 is 23.2 Å². The summed E-state index contributed by atoms with van der Waals surface area (Å²) in [6, 6.07) is 19.1. The van der Waals surface area contributed by atoms with Crippen LogP contribution in [0.1, 0.15) is 11.1 Å². The van der Waals surface area contributed by atoms with Gasteiger partial charge in [0.15, 0.2) is 0 Å². The van der Waals surface area contributed by atoms with E-state index in [4.69, 9.17) is 27.9 Å². The minimum Gasteiger partial charge on any atom is -0.488 e. The molecule has 0 spiro atoms. The van der Waals surface area contributed by atoms with Gasteiger partial charge in [0.05, 0.1) is 4.92 Å². The number of hydrogen-bond acceptors (Lipinski definition) is 4. The Morgan fingerprint density at radius 2 is 1.78 bits per heavy atom. The van der Waals surface area contributed by atoms with Gasteiger partial charge in [-0.15, -0.1) is 0 Å². The molecule has 5 nitrogen and oxygen atoms in total. The molecule has 0 fully saturated rings. The van der Waals surface area contributed by atoms with Gasteiger partial charge < -0.3 is 10.1 Å². The van der Waals surface area contributed by atoms with Crippen molar-refractivity contribution in [2.75, 3.05) is 5.32 Å². The van der Waals surface area contributed by atoms with Crippen molar-refractivity contribution < 1.29 is 9.66 Å². The number of benzene rings is 3. The van der Waals surface area contributed by atoms with Gasteiger partial charge in [0.25, 0.3) is 5.69 Å². The Hall–Kier alpha value is -2.76. The van der Waals surface area contributed by atoms with E-state index in [9.17, 15) is 10.1 Å². The first kappa shape index (κ1) is 19.0. The van der Waals surface area contributed by atoms with Crippen molar-refractivity contribution >= 4 is 34.6 Å². The van der Waals surface area contributed by atoms with E-state index in [1.54, 1.807) is 30.3 Å². The molecule has 0 aliphatic rings. The molecule has 1 N–H and O–H groups in total. The SMILES string of the molecule is O=[N+]([O-])c1cccc(NCc2cc(Cl)ccc2OCc2ccccc2Cl)c1. The minimum absolute atomic E-state index is 0.0290. The summed E-state index contributed by atoms with van der Waals surface area (Å²) in [6.07, 6.45) is 0. The molecule has 0 saturated heterocycles. The van der Waals surface area contributed by atoms with Gasteiger partial charge in [0.2, 0.25) is 0 Å². The maximum atomic E-state index is 10.9. The van der Waals surface area contributed by atoms with Crippen molar-refractivity contribution in [1.82, 2.24) is 0 Å². The van der Waals surface area contributed by atoms with Crippen LogP contribution in [0.5, 0.6) is 5.75 Å². The van der Waals surface area contributed by atoms with E-state index < -0.39 is 4.92 Å². The third-order valence-electron chi connectivity index (χ3n) is 3.90. The Labute approximate surface area is 166 Å². The Morgan fingerprint density at radius 1 is 0.963 bits per heavy atom. The molecule has 3 rings (SSSR count). The van der Waals surface area contributed by atoms with Crippen LogP contribution in [-0.2, 0) is 13.2 Å². The lowest BCUT2D eigenvalue weighted by atomic mass is 10.2. The molecule has 0 aromatic heterocycles. The number of nitro groups is 1. The summed E-state index contributed by atoms with van der Waals surface area (Å²) in [5.74, 6) is 0.664. The van der Waals surface area contributed by atoms with E-state index in [0.717, 1.165) is 11.1 Å². The fourth-order valence-electron chi connectivity index (χ4n) is 2.52. The Bertz CT molecular complexity index is 963. The van der Waals surface area contributed by atoms with Crippen molar-refractivity contribution in [3.63, 3.8) is 0 Å². The predicted octanol–water partition coefficient (Wildman–Crippen LogP) is 6.09. The molecule has 27 heavy (non-hydrogen) atoms. The molecule has 0 aliphatic heterocycles. The molecular formula is C20H16Cl2N2O3. The number of rotatable bonds is 7. The fraction of sp³-hybridized carbons (Fsp3) is 0.100. The maximum Gasteiger partial charge on any atom is 0.271 e. The van der Waals surface area contributed by atoms with Gasteiger partial charge in [-0.25, -0.2) is 0 Å². The summed E-state index contributed by atoms with van der Waals surface area (Å²) in [5, 5.41) is 15.3. The summed E-state index contributed by atoms with van der Waals surface area (Å²) in [7, 11) is 0. The first-order valence-electron chi connectivity index (χ1n) is 8.16. The standard InChI is InChI=1S/C20H16Cl2N2O3/c21-16-8-9-20(27-13-14-4-1-2-7-19(14)22)15(10-16)12-23-17-5-3-6-18(11-17)24(25)26/h1-11,23H,12-13H2. The highest BCUT2D eigenvalue weighted by Gasteiger charge is 2.09. The molecule has 3 aromatic carbocycles. The summed E-state index contributed by atoms with van der Waals surface area (Å²) in [4.78, 5) is 10.5. The zero-order chi connectivity index (χ0) is 19.2. The van der Waals surface area contributed by atoms with E-state index in [-0.39, 0.29) is 5.69 Å². The highest BCUT2D eigenvalue weighted by Crippen LogP contribution is 2.26. The molecule has 0 radical (unpaired) electrons. The van der Waals surface area contributed by atoms with E-state index in [1.165, 1.54) is 12.1 Å². The summed E-state index contributed by atoms with van der Waals surface area (Å²) < 4.78 is 5.92. The molecule has 138 valence electrons. The van der Waals surface area contributed by atoms with Crippen LogP contribution in [0.25, 0.3) is 0 Å². The van der Waals surface area contributed by atoms with Crippen LogP contribution in [0.2, 0.25) is 10.0 Å². The van der Waals surface area contributed by atoms with Crippen LogP contribution in [0.15, 0.2) is 66.7 Å². The van der Waals surface area contributed by atoms with Gasteiger partial charge in [-0.2, -0.15) is 0 Å². The molecule has 0 amide bonds. The van der Waals surface area contributed by atoms with Gasteiger partial charge in [0, 0.05) is 45.5 Å². The van der Waals surface area contributed by atoms with Crippen LogP contribution in [-0.4, -0.2) is 4.92 Å². The molecular weight excluding hydrogens is 387 g/mol. The summed E-state index contributed by atoms with van der Waals surface area (Å²) in [5.41, 5.74) is 2.38. The van der Waals surface area contributed by atoms with Crippen LogP contribution < -0.4 is 10.1 Å². The van der Waals surface area contributed by atoms with Gasteiger partial charge in [-0.3, -0.25) is 10.1 Å². The second-order valence-corrected chi connectivity index (χ2v) is 6.64. The maximum absolute atomic E-state index is 10.9. The average molecular weight is 403 g/mol. The van der Waals surface area contributed by atoms with Crippen molar-refractivity contribution in [3.8, 4) is 5.75 Å². The normalized spacial score (nSPS) is 10.4. The minimum atomic E-state index is -0.428. The smallest absolute Gasteiger partial charge is 0.271 e. The number of anilines is 1. The Balaban J connectivity index is 1.73. The van der Waals surface area contributed by atoms with Gasteiger partial charge in [0.1, 0.15) is 12.4 Å². The number of ether oxygens (including phenoxy) is 1. The number of hydrogen-bond donors (Lipinski definition) is 1. The number of nitrogens with one attached hydrogen (secondary N) is 1. The van der Waals surface area contributed by atoms with Crippen molar-refractivity contribution in [2.24, 2.45) is 0 Å². The summed E-state index contributed by atoms with van der Waals surface area (Å²) >= 11 is 12.3. The van der Waals surface area contributed by atoms with E-state index >= 15 is 0 Å². The van der Waals surface area contributed by atoms with E-state index in [1.807, 2.05) is 24.3 Å². The monoisotopic (exact) mass is 402 g/mol. The number of non-ortho nitro benzene ring substituents is 1. The number of nitro benzene ring substituents is 1. The highest BCUT2D eigenvalue weighted by molar-refractivity contribution is 6.31. The lowest BCUT2D eigenvalue weighted by Gasteiger charge is -2.14. The van der Waals surface area contributed by atoms with E-state index in [0.29, 0.717) is 34.6 Å². The Kier molecular flexibility index (Phi) is 6.16. The fourth-order valence-corrected chi connectivity index (χ4v) is 2.91. The molecule has 0 unspecified atom stereocenters. The molecule has 0 heterocycles. The molecule has 3 aromatic rings. The molecule has 0 bridgehead atoms. The Morgan fingerprint density at radius 3 is 2.56 bits per heavy atom. The molecule has 7 heteroatoms. The molecule has 0 atom stereocenters.